The van der Waals surface area contributed by atoms with Crippen molar-refractivity contribution in [2.45, 2.75) is 6.54 Å². The first-order chi connectivity index (χ1) is 9.99. The van der Waals surface area contributed by atoms with Gasteiger partial charge in [0.25, 0.3) is 5.91 Å². The van der Waals surface area contributed by atoms with Gasteiger partial charge in [-0.1, -0.05) is 0 Å². The van der Waals surface area contributed by atoms with Crippen LogP contribution in [-0.2, 0) is 16.1 Å². The van der Waals surface area contributed by atoms with Crippen molar-refractivity contribution in [3.63, 3.8) is 0 Å². The lowest BCUT2D eigenvalue weighted by Crippen LogP contribution is -2.12. The summed E-state index contributed by atoms with van der Waals surface area (Å²) in [4.78, 5) is 32.5. The van der Waals surface area contributed by atoms with Crippen LogP contribution in [0.4, 0.5) is 11.6 Å². The molecule has 2 heterocycles. The summed E-state index contributed by atoms with van der Waals surface area (Å²) >= 11 is 0. The van der Waals surface area contributed by atoms with E-state index in [1.165, 1.54) is 30.3 Å². The fraction of sp³-hybridized carbons (Fsp3) is 0.182. The zero-order valence-corrected chi connectivity index (χ0v) is 10.8. The Labute approximate surface area is 117 Å². The minimum absolute atomic E-state index is 0.0986. The first-order valence-electron chi connectivity index (χ1n) is 5.64. The number of ether oxygens (including phenoxy) is 1. The molecule has 0 aliphatic carbocycles. The Morgan fingerprint density at radius 2 is 2.29 bits per heavy atom. The number of carbonyl (C=O) groups is 2. The highest BCUT2D eigenvalue weighted by Gasteiger charge is 2.17. The Morgan fingerprint density at radius 1 is 1.52 bits per heavy atom. The molecule has 10 heteroatoms. The fourth-order valence-electron chi connectivity index (χ4n) is 1.45. The Morgan fingerprint density at radius 3 is 2.90 bits per heavy atom. The number of carbonyl (C=O) groups excluding carboxylic acids is 2. The Kier molecular flexibility index (Phi) is 3.97. The van der Waals surface area contributed by atoms with Gasteiger partial charge in [-0.15, -0.1) is 0 Å². The number of nitrogens with zero attached hydrogens (tertiary/aromatic N) is 3. The second-order valence-corrected chi connectivity index (χ2v) is 3.85. The number of amides is 1. The lowest BCUT2D eigenvalue weighted by atomic mass is 10.4. The molecule has 0 aromatic carbocycles. The van der Waals surface area contributed by atoms with Gasteiger partial charge in [-0.25, -0.2) is 0 Å². The number of methoxy groups -OCH3 is 1. The number of anilines is 1. The molecule has 2 aromatic heterocycles. The average Bonchev–Trinajstić information content (AvgIpc) is 3.07. The molecule has 2 rings (SSSR count). The minimum Gasteiger partial charge on any atom is -0.468 e. The molecule has 0 saturated carbocycles. The molecule has 2 aromatic rings. The third-order valence-electron chi connectivity index (χ3n) is 2.41. The van der Waals surface area contributed by atoms with Crippen molar-refractivity contribution in [3.05, 3.63) is 40.4 Å². The summed E-state index contributed by atoms with van der Waals surface area (Å²) in [7, 11) is 1.25. The number of hydrogen-bond acceptors (Lipinski definition) is 7. The third kappa shape index (κ3) is 3.43. The van der Waals surface area contributed by atoms with Gasteiger partial charge in [-0.05, 0) is 6.07 Å². The largest absolute Gasteiger partial charge is 0.468 e. The molecule has 21 heavy (non-hydrogen) atoms. The van der Waals surface area contributed by atoms with Gasteiger partial charge in [-0.3, -0.25) is 24.4 Å². The van der Waals surface area contributed by atoms with Gasteiger partial charge in [0.2, 0.25) is 0 Å². The van der Waals surface area contributed by atoms with Crippen LogP contribution in [0.2, 0.25) is 0 Å². The number of rotatable bonds is 5. The van der Waals surface area contributed by atoms with Crippen molar-refractivity contribution >= 4 is 23.4 Å². The van der Waals surface area contributed by atoms with Crippen molar-refractivity contribution in [2.24, 2.45) is 0 Å². The van der Waals surface area contributed by atoms with Crippen LogP contribution in [-0.4, -0.2) is 33.7 Å². The molecule has 0 radical (unpaired) electrons. The Balaban J connectivity index is 2.02. The molecule has 0 atom stereocenters. The van der Waals surface area contributed by atoms with Crippen molar-refractivity contribution in [1.82, 2.24) is 9.78 Å². The maximum atomic E-state index is 11.8. The molecule has 10 nitrogen and oxygen atoms in total. The predicted octanol–water partition coefficient (Wildman–Crippen LogP) is 0.810. The monoisotopic (exact) mass is 294 g/mol. The van der Waals surface area contributed by atoms with Crippen LogP contribution in [0.5, 0.6) is 0 Å². The second kappa shape index (κ2) is 5.86. The van der Waals surface area contributed by atoms with Crippen LogP contribution in [0.3, 0.4) is 0 Å². The average molecular weight is 294 g/mol. The van der Waals surface area contributed by atoms with Crippen LogP contribution < -0.4 is 5.32 Å². The third-order valence-corrected chi connectivity index (χ3v) is 2.41. The van der Waals surface area contributed by atoms with E-state index in [-0.39, 0.29) is 12.3 Å². The summed E-state index contributed by atoms with van der Waals surface area (Å²) in [6.45, 7) is -0.0986. The molecule has 1 N–H and O–H groups in total. The number of nitro groups is 1. The lowest BCUT2D eigenvalue weighted by Gasteiger charge is -1.99. The lowest BCUT2D eigenvalue weighted by molar-refractivity contribution is -0.402. The molecule has 0 unspecified atom stereocenters. The Bertz CT molecular complexity index is 688. The van der Waals surface area contributed by atoms with E-state index in [9.17, 15) is 19.7 Å². The number of nitrogens with one attached hydrogen (secondary N) is 1. The van der Waals surface area contributed by atoms with E-state index in [0.717, 1.165) is 6.07 Å². The summed E-state index contributed by atoms with van der Waals surface area (Å²) in [5.41, 5.74) is 0.308. The highest BCUT2D eigenvalue weighted by atomic mass is 16.6. The predicted molar refractivity (Wildman–Crippen MR) is 67.6 cm³/mol. The van der Waals surface area contributed by atoms with Crippen LogP contribution in [0.1, 0.15) is 10.6 Å². The van der Waals surface area contributed by atoms with Gasteiger partial charge in [-0.2, -0.15) is 5.10 Å². The smallest absolute Gasteiger partial charge is 0.433 e. The molecule has 0 aliphatic rings. The first kappa shape index (κ1) is 14.2. The molecule has 0 fully saturated rings. The molecular weight excluding hydrogens is 284 g/mol. The summed E-state index contributed by atoms with van der Waals surface area (Å²) in [5, 5.41) is 16.7. The normalized spacial score (nSPS) is 10.1. The van der Waals surface area contributed by atoms with Gasteiger partial charge < -0.3 is 14.5 Å². The first-order valence-corrected chi connectivity index (χ1v) is 5.64. The van der Waals surface area contributed by atoms with E-state index < -0.39 is 22.7 Å². The quantitative estimate of drug-likeness (QED) is 0.490. The molecule has 0 aliphatic heterocycles. The van der Waals surface area contributed by atoms with E-state index in [1.807, 2.05) is 0 Å². The number of furan rings is 1. The second-order valence-electron chi connectivity index (χ2n) is 3.85. The van der Waals surface area contributed by atoms with E-state index in [4.69, 9.17) is 4.42 Å². The van der Waals surface area contributed by atoms with Crippen LogP contribution >= 0.6 is 0 Å². The molecule has 1 amide bonds. The van der Waals surface area contributed by atoms with Gasteiger partial charge >= 0.3 is 11.9 Å². The molecule has 0 spiro atoms. The summed E-state index contributed by atoms with van der Waals surface area (Å²) < 4.78 is 10.5. The van der Waals surface area contributed by atoms with E-state index in [2.05, 4.69) is 15.2 Å². The summed E-state index contributed by atoms with van der Waals surface area (Å²) in [5.74, 6) is -1.89. The number of hydrogen-bond donors (Lipinski definition) is 1. The maximum absolute atomic E-state index is 11.8. The van der Waals surface area contributed by atoms with Crippen molar-refractivity contribution in [2.75, 3.05) is 12.4 Å². The maximum Gasteiger partial charge on any atom is 0.433 e. The van der Waals surface area contributed by atoms with Crippen LogP contribution in [0, 0.1) is 10.1 Å². The SMILES string of the molecule is COC(=O)Cn1cc(NC(=O)c2ccc([N+](=O)[O-])o2)cn1. The summed E-state index contributed by atoms with van der Waals surface area (Å²) in [6.07, 6.45) is 2.73. The van der Waals surface area contributed by atoms with Gasteiger partial charge in [0.1, 0.15) is 11.5 Å². The molecule has 110 valence electrons. The van der Waals surface area contributed by atoms with Gasteiger partial charge in [0.15, 0.2) is 5.76 Å². The van der Waals surface area contributed by atoms with Crippen molar-refractivity contribution in [1.29, 1.82) is 0 Å². The highest BCUT2D eigenvalue weighted by molar-refractivity contribution is 6.02. The number of aromatic nitrogens is 2. The van der Waals surface area contributed by atoms with E-state index in [0.29, 0.717) is 5.69 Å². The van der Waals surface area contributed by atoms with Crippen LogP contribution in [0.25, 0.3) is 0 Å². The van der Waals surface area contributed by atoms with E-state index >= 15 is 0 Å². The zero-order valence-electron chi connectivity index (χ0n) is 10.8. The minimum atomic E-state index is -0.745. The zero-order chi connectivity index (χ0) is 15.4. The number of esters is 1. The highest BCUT2D eigenvalue weighted by Crippen LogP contribution is 2.17. The van der Waals surface area contributed by atoms with Gasteiger partial charge in [0.05, 0.1) is 25.1 Å². The van der Waals surface area contributed by atoms with E-state index in [1.54, 1.807) is 0 Å². The molecular formula is C11H10N4O6. The standard InChI is InChI=1S/C11H10N4O6/c1-20-10(16)6-14-5-7(4-12-14)13-11(17)8-2-3-9(21-8)15(18)19/h2-5H,6H2,1H3,(H,13,17). The van der Waals surface area contributed by atoms with Crippen molar-refractivity contribution in [3.8, 4) is 0 Å². The fourth-order valence-corrected chi connectivity index (χ4v) is 1.45. The Hall–Kier alpha value is -3.17. The molecule has 0 saturated heterocycles. The molecule has 0 bridgehead atoms. The topological polar surface area (TPSA) is 130 Å². The van der Waals surface area contributed by atoms with Crippen LogP contribution in [0.15, 0.2) is 28.9 Å². The van der Waals surface area contributed by atoms with Crippen molar-refractivity contribution < 1.29 is 23.7 Å². The van der Waals surface area contributed by atoms with Gasteiger partial charge in [0, 0.05) is 6.20 Å². The summed E-state index contributed by atoms with van der Waals surface area (Å²) in [6, 6.07) is 2.27.